The second kappa shape index (κ2) is 3.21. The van der Waals surface area contributed by atoms with Gasteiger partial charge in [0.2, 0.25) is 0 Å². The fourth-order valence-electron chi connectivity index (χ4n) is 0.861. The zero-order valence-electron chi connectivity index (χ0n) is 7.14. The standard InChI is InChI=1S/C6H8N4O3/c1-7-6(11)5-8-4(10(12)13)3-9(5)2/h3H,1-2H3,(H,7,11). The van der Waals surface area contributed by atoms with Gasteiger partial charge in [0.25, 0.3) is 0 Å². The molecule has 0 aliphatic carbocycles. The first-order chi connectivity index (χ1) is 6.06. The van der Waals surface area contributed by atoms with Crippen molar-refractivity contribution in [3.63, 3.8) is 0 Å². The predicted octanol–water partition coefficient (Wildman–Crippen LogP) is -0.312. The summed E-state index contributed by atoms with van der Waals surface area (Å²) in [6, 6.07) is 0. The summed E-state index contributed by atoms with van der Waals surface area (Å²) >= 11 is 0. The SMILES string of the molecule is CNC(=O)c1nc([N+](=O)[O-])cn1C. The van der Waals surface area contributed by atoms with Gasteiger partial charge in [-0.3, -0.25) is 4.79 Å². The lowest BCUT2D eigenvalue weighted by Gasteiger charge is -1.92. The molecule has 0 unspecified atom stereocenters. The van der Waals surface area contributed by atoms with E-state index < -0.39 is 10.8 Å². The highest BCUT2D eigenvalue weighted by Crippen LogP contribution is 2.08. The van der Waals surface area contributed by atoms with Gasteiger partial charge in [-0.05, 0) is 9.91 Å². The summed E-state index contributed by atoms with van der Waals surface area (Å²) < 4.78 is 1.30. The molecule has 0 atom stereocenters. The fraction of sp³-hybridized carbons (Fsp3) is 0.333. The number of nitrogens with one attached hydrogen (secondary N) is 1. The van der Waals surface area contributed by atoms with Crippen LogP contribution in [0, 0.1) is 10.1 Å². The highest BCUT2D eigenvalue weighted by molar-refractivity contribution is 5.90. The molecule has 7 heteroatoms. The maximum absolute atomic E-state index is 11.1. The number of nitro groups is 1. The molecule has 0 aliphatic heterocycles. The van der Waals surface area contributed by atoms with Crippen molar-refractivity contribution in [2.24, 2.45) is 7.05 Å². The second-order valence-electron chi connectivity index (χ2n) is 2.37. The van der Waals surface area contributed by atoms with Crippen molar-refractivity contribution in [3.8, 4) is 0 Å². The summed E-state index contributed by atoms with van der Waals surface area (Å²) in [6.45, 7) is 0. The molecule has 1 aromatic heterocycles. The Kier molecular flexibility index (Phi) is 2.27. The van der Waals surface area contributed by atoms with Crippen molar-refractivity contribution in [1.82, 2.24) is 14.9 Å². The van der Waals surface area contributed by atoms with Gasteiger partial charge in [-0.1, -0.05) is 0 Å². The lowest BCUT2D eigenvalue weighted by Crippen LogP contribution is -2.21. The smallest absolute Gasteiger partial charge is 0.358 e. The number of carbonyl (C=O) groups is 1. The third-order valence-electron chi connectivity index (χ3n) is 1.48. The van der Waals surface area contributed by atoms with Crippen LogP contribution < -0.4 is 5.32 Å². The number of aryl methyl sites for hydroxylation is 1. The van der Waals surface area contributed by atoms with E-state index in [0.29, 0.717) is 0 Å². The van der Waals surface area contributed by atoms with Crippen LogP contribution in [0.4, 0.5) is 5.82 Å². The summed E-state index contributed by atoms with van der Waals surface area (Å²) in [5, 5.41) is 12.6. The van der Waals surface area contributed by atoms with Crippen LogP contribution in [0.2, 0.25) is 0 Å². The summed E-state index contributed by atoms with van der Waals surface area (Å²) in [5.74, 6) is -0.758. The summed E-state index contributed by atoms with van der Waals surface area (Å²) in [5.41, 5.74) is 0. The van der Waals surface area contributed by atoms with Gasteiger partial charge in [0.15, 0.2) is 0 Å². The van der Waals surface area contributed by atoms with Gasteiger partial charge in [-0.25, -0.2) is 0 Å². The molecule has 1 N–H and O–H groups in total. The van der Waals surface area contributed by atoms with Crippen LogP contribution in [0.3, 0.4) is 0 Å². The molecule has 1 amide bonds. The summed E-state index contributed by atoms with van der Waals surface area (Å²) in [4.78, 5) is 24.2. The molecule has 0 saturated carbocycles. The maximum Gasteiger partial charge on any atom is 0.382 e. The molecule has 0 radical (unpaired) electrons. The number of rotatable bonds is 2. The molecule has 0 saturated heterocycles. The Morgan fingerprint density at radius 1 is 1.77 bits per heavy atom. The summed E-state index contributed by atoms with van der Waals surface area (Å²) in [6.07, 6.45) is 1.19. The van der Waals surface area contributed by atoms with Gasteiger partial charge in [-0.2, -0.15) is 0 Å². The van der Waals surface area contributed by atoms with Crippen LogP contribution in [0.5, 0.6) is 0 Å². The first kappa shape index (κ1) is 9.17. The molecule has 70 valence electrons. The Labute approximate surface area is 73.5 Å². The Morgan fingerprint density at radius 2 is 2.38 bits per heavy atom. The van der Waals surface area contributed by atoms with Crippen molar-refractivity contribution in [2.75, 3.05) is 7.05 Å². The predicted molar refractivity (Wildman–Crippen MR) is 43.3 cm³/mol. The van der Waals surface area contributed by atoms with Crippen molar-refractivity contribution in [1.29, 1.82) is 0 Å². The molecule has 0 spiro atoms. The zero-order valence-corrected chi connectivity index (χ0v) is 7.14. The molecule has 0 fully saturated rings. The number of aromatic nitrogens is 2. The fourth-order valence-corrected chi connectivity index (χ4v) is 0.861. The van der Waals surface area contributed by atoms with Crippen molar-refractivity contribution >= 4 is 11.7 Å². The van der Waals surface area contributed by atoms with Gasteiger partial charge >= 0.3 is 17.5 Å². The van der Waals surface area contributed by atoms with Crippen molar-refractivity contribution in [2.45, 2.75) is 0 Å². The lowest BCUT2D eigenvalue weighted by atomic mass is 10.5. The molecule has 13 heavy (non-hydrogen) atoms. The van der Waals surface area contributed by atoms with Gasteiger partial charge < -0.3 is 20.0 Å². The molecule has 0 bridgehead atoms. The largest absolute Gasteiger partial charge is 0.382 e. The number of amides is 1. The van der Waals surface area contributed by atoms with Crippen LogP contribution in [-0.4, -0.2) is 27.4 Å². The monoisotopic (exact) mass is 184 g/mol. The lowest BCUT2D eigenvalue weighted by molar-refractivity contribution is -0.389. The number of nitrogens with zero attached hydrogens (tertiary/aromatic N) is 3. The molecule has 0 aromatic carbocycles. The minimum absolute atomic E-state index is 0.0224. The van der Waals surface area contributed by atoms with E-state index in [0.717, 1.165) is 0 Å². The molecular formula is C6H8N4O3. The number of hydrogen-bond acceptors (Lipinski definition) is 4. The van der Waals surface area contributed by atoms with E-state index in [1.54, 1.807) is 0 Å². The quantitative estimate of drug-likeness (QED) is 0.504. The van der Waals surface area contributed by atoms with Crippen LogP contribution in [0.1, 0.15) is 10.6 Å². The first-order valence-corrected chi connectivity index (χ1v) is 3.46. The Balaban J connectivity index is 3.10. The minimum Gasteiger partial charge on any atom is -0.358 e. The van der Waals surface area contributed by atoms with E-state index in [-0.39, 0.29) is 11.6 Å². The molecule has 1 heterocycles. The normalized spacial score (nSPS) is 9.69. The Hall–Kier alpha value is -1.92. The topological polar surface area (TPSA) is 90.1 Å². The van der Waals surface area contributed by atoms with Crippen LogP contribution in [-0.2, 0) is 7.05 Å². The van der Waals surface area contributed by atoms with Gasteiger partial charge in [0.1, 0.15) is 6.20 Å². The average molecular weight is 184 g/mol. The first-order valence-electron chi connectivity index (χ1n) is 3.46. The number of hydrogen-bond donors (Lipinski definition) is 1. The zero-order chi connectivity index (χ0) is 10.0. The van der Waals surface area contributed by atoms with E-state index in [1.807, 2.05) is 0 Å². The van der Waals surface area contributed by atoms with Gasteiger partial charge in [-0.15, -0.1) is 0 Å². The van der Waals surface area contributed by atoms with E-state index in [4.69, 9.17) is 0 Å². The molecule has 7 nitrogen and oxygen atoms in total. The average Bonchev–Trinajstić information content (AvgIpc) is 2.46. The molecule has 1 aromatic rings. The molecule has 0 aliphatic rings. The highest BCUT2D eigenvalue weighted by Gasteiger charge is 2.21. The third kappa shape index (κ3) is 1.63. The van der Waals surface area contributed by atoms with Crippen LogP contribution in [0.25, 0.3) is 0 Å². The number of carbonyl (C=O) groups excluding carboxylic acids is 1. The minimum atomic E-state index is -0.646. The van der Waals surface area contributed by atoms with Crippen molar-refractivity contribution in [3.05, 3.63) is 22.1 Å². The third-order valence-corrected chi connectivity index (χ3v) is 1.48. The van der Waals surface area contributed by atoms with Crippen molar-refractivity contribution < 1.29 is 9.72 Å². The van der Waals surface area contributed by atoms with E-state index >= 15 is 0 Å². The van der Waals surface area contributed by atoms with Crippen LogP contribution >= 0.6 is 0 Å². The second-order valence-corrected chi connectivity index (χ2v) is 2.37. The van der Waals surface area contributed by atoms with E-state index in [9.17, 15) is 14.9 Å². The van der Waals surface area contributed by atoms with E-state index in [2.05, 4.69) is 10.3 Å². The molecule has 1 rings (SSSR count). The molecular weight excluding hydrogens is 176 g/mol. The Morgan fingerprint density at radius 3 is 2.77 bits per heavy atom. The van der Waals surface area contributed by atoms with Crippen LogP contribution in [0.15, 0.2) is 6.20 Å². The Bertz CT molecular complexity index is 357. The van der Waals surface area contributed by atoms with E-state index in [1.165, 1.54) is 24.9 Å². The van der Waals surface area contributed by atoms with Gasteiger partial charge in [0.05, 0.1) is 0 Å². The maximum atomic E-state index is 11.1. The highest BCUT2D eigenvalue weighted by atomic mass is 16.6. The van der Waals surface area contributed by atoms with Gasteiger partial charge in [0, 0.05) is 14.1 Å². The summed E-state index contributed by atoms with van der Waals surface area (Å²) in [7, 11) is 2.95. The number of imidazole rings is 1.